The van der Waals surface area contributed by atoms with E-state index in [0.717, 1.165) is 11.8 Å². The Labute approximate surface area is 163 Å². The third-order valence-corrected chi connectivity index (χ3v) is 4.93. The third-order valence-electron chi connectivity index (χ3n) is 4.93. The normalized spacial score (nSPS) is 15.5. The van der Waals surface area contributed by atoms with Crippen LogP contribution < -0.4 is 37.7 Å². The van der Waals surface area contributed by atoms with Gasteiger partial charge in [-0.25, -0.2) is 35.4 Å². The molecule has 0 saturated carbocycles. The van der Waals surface area contributed by atoms with Gasteiger partial charge in [-0.15, -0.1) is 0 Å². The third kappa shape index (κ3) is 8.13. The molecule has 0 N–H and O–H groups in total. The minimum absolute atomic E-state index is 0. The molecule has 1 rings (SSSR count). The van der Waals surface area contributed by atoms with E-state index in [1.165, 1.54) is 24.0 Å². The molecule has 1 aromatic carbocycles. The van der Waals surface area contributed by atoms with Crippen LogP contribution in [0, 0.1) is 36.5 Å². The largest absolute Gasteiger partial charge is 1.00 e. The Balaban J connectivity index is 0. The van der Waals surface area contributed by atoms with Crippen molar-refractivity contribution in [2.24, 2.45) is 23.7 Å². The van der Waals surface area contributed by atoms with E-state index < -0.39 is 0 Å². The molecule has 1 aromatic rings. The van der Waals surface area contributed by atoms with Crippen molar-refractivity contribution in [3.8, 4) is 0 Å². The van der Waals surface area contributed by atoms with Crippen LogP contribution in [0.5, 0.6) is 0 Å². The van der Waals surface area contributed by atoms with Crippen molar-refractivity contribution >= 4 is 0 Å². The molecule has 0 amide bonds. The van der Waals surface area contributed by atoms with Gasteiger partial charge in [0, 0.05) is 0 Å². The van der Waals surface area contributed by atoms with Crippen LogP contribution in [0.25, 0.3) is 0 Å². The summed E-state index contributed by atoms with van der Waals surface area (Å²) in [7, 11) is 0. The molecule has 0 saturated heterocycles. The standard InChI is InChI=1S/C20H32.2Li/c1-7-15(3)17(5)13-19-9-11-20(12-10-19)14-18(6)16(4)8-2;;/h9-18H,7-8H2,1-6H3;;/q-2;2*+1. The monoisotopic (exact) mass is 286 g/mol. The molecule has 0 nitrogen and oxygen atoms in total. The van der Waals surface area contributed by atoms with E-state index in [4.69, 9.17) is 0 Å². The van der Waals surface area contributed by atoms with Gasteiger partial charge in [0.1, 0.15) is 0 Å². The van der Waals surface area contributed by atoms with Crippen molar-refractivity contribution in [1.29, 1.82) is 0 Å². The van der Waals surface area contributed by atoms with Gasteiger partial charge < -0.3 is 0 Å². The van der Waals surface area contributed by atoms with E-state index >= 15 is 0 Å². The van der Waals surface area contributed by atoms with Crippen molar-refractivity contribution in [2.45, 2.75) is 54.4 Å². The van der Waals surface area contributed by atoms with Gasteiger partial charge in [0.15, 0.2) is 0 Å². The quantitative estimate of drug-likeness (QED) is 0.472. The first-order valence-corrected chi connectivity index (χ1v) is 8.27. The summed E-state index contributed by atoms with van der Waals surface area (Å²) in [6.07, 6.45) is 7.29. The average Bonchev–Trinajstić information content (AvgIpc) is 2.47. The Morgan fingerprint density at radius 3 is 1.18 bits per heavy atom. The molecule has 0 bridgehead atoms. The minimum atomic E-state index is 0. The Morgan fingerprint density at radius 1 is 0.682 bits per heavy atom. The van der Waals surface area contributed by atoms with Crippen LogP contribution >= 0.6 is 0 Å². The van der Waals surface area contributed by atoms with Crippen molar-refractivity contribution in [2.75, 3.05) is 0 Å². The topological polar surface area (TPSA) is 0 Å². The summed E-state index contributed by atoms with van der Waals surface area (Å²) in [4.78, 5) is 0. The molecular formula is C20H32Li2. The molecule has 4 atom stereocenters. The molecule has 22 heavy (non-hydrogen) atoms. The first kappa shape index (κ1) is 24.4. The van der Waals surface area contributed by atoms with E-state index in [1.807, 2.05) is 0 Å². The fourth-order valence-electron chi connectivity index (χ4n) is 2.40. The van der Waals surface area contributed by atoms with Crippen molar-refractivity contribution in [3.63, 3.8) is 0 Å². The summed E-state index contributed by atoms with van der Waals surface area (Å²) < 4.78 is 0. The van der Waals surface area contributed by atoms with Crippen molar-refractivity contribution in [3.05, 3.63) is 48.2 Å². The van der Waals surface area contributed by atoms with Gasteiger partial charge in [-0.2, -0.15) is 12.8 Å². The van der Waals surface area contributed by atoms with Crippen LogP contribution in [-0.4, -0.2) is 0 Å². The Kier molecular flexibility index (Phi) is 13.9. The van der Waals surface area contributed by atoms with Crippen LogP contribution in [0.4, 0.5) is 0 Å². The zero-order valence-electron chi connectivity index (χ0n) is 16.2. The second kappa shape index (κ2) is 12.6. The van der Waals surface area contributed by atoms with Gasteiger partial charge >= 0.3 is 37.7 Å². The molecule has 2 heteroatoms. The predicted molar refractivity (Wildman–Crippen MR) is 90.5 cm³/mol. The first-order chi connectivity index (χ1) is 9.47. The maximum Gasteiger partial charge on any atom is 1.00 e. The molecule has 0 radical (unpaired) electrons. The maximum absolute atomic E-state index is 2.40. The second-order valence-corrected chi connectivity index (χ2v) is 6.49. The Hall–Kier alpha value is 0.155. The van der Waals surface area contributed by atoms with Gasteiger partial charge in [-0.1, -0.05) is 66.2 Å². The van der Waals surface area contributed by atoms with Crippen LogP contribution in [0.3, 0.4) is 0 Å². The van der Waals surface area contributed by atoms with E-state index in [2.05, 4.69) is 78.6 Å². The zero-order chi connectivity index (χ0) is 15.1. The molecule has 0 spiro atoms. The summed E-state index contributed by atoms with van der Waals surface area (Å²) in [5.41, 5.74) is 2.71. The van der Waals surface area contributed by atoms with Crippen LogP contribution in [0.15, 0.2) is 24.3 Å². The number of benzene rings is 1. The summed E-state index contributed by atoms with van der Waals surface area (Å²) in [6.45, 7) is 13.8. The summed E-state index contributed by atoms with van der Waals surface area (Å²) in [6, 6.07) is 9.03. The molecule has 0 fully saturated rings. The van der Waals surface area contributed by atoms with Crippen LogP contribution in [0.2, 0.25) is 0 Å². The molecular weight excluding hydrogens is 254 g/mol. The summed E-state index contributed by atoms with van der Waals surface area (Å²) in [5, 5.41) is 0. The smallest absolute Gasteiger partial charge is 0.220 e. The first-order valence-electron chi connectivity index (χ1n) is 8.27. The zero-order valence-corrected chi connectivity index (χ0v) is 16.2. The molecule has 4 unspecified atom stereocenters. The molecule has 0 aromatic heterocycles. The van der Waals surface area contributed by atoms with Gasteiger partial charge in [-0.3, -0.25) is 0 Å². The summed E-state index contributed by atoms with van der Waals surface area (Å²) >= 11 is 0. The van der Waals surface area contributed by atoms with Crippen molar-refractivity contribution < 1.29 is 37.7 Å². The van der Waals surface area contributed by atoms with E-state index in [1.54, 1.807) is 0 Å². The average molecular weight is 286 g/mol. The maximum atomic E-state index is 2.40. The fourth-order valence-corrected chi connectivity index (χ4v) is 2.40. The van der Waals surface area contributed by atoms with Gasteiger partial charge in [0.25, 0.3) is 0 Å². The number of hydrogen-bond acceptors (Lipinski definition) is 0. The number of hydrogen-bond donors (Lipinski definition) is 0. The van der Waals surface area contributed by atoms with Crippen LogP contribution in [-0.2, 0) is 0 Å². The van der Waals surface area contributed by atoms with Gasteiger partial charge in [0.05, 0.1) is 0 Å². The molecule has 0 aliphatic rings. The fraction of sp³-hybridized carbons (Fsp3) is 0.600. The van der Waals surface area contributed by atoms with E-state index in [-0.39, 0.29) is 37.7 Å². The van der Waals surface area contributed by atoms with Gasteiger partial charge in [-0.05, 0) is 11.8 Å². The minimum Gasteiger partial charge on any atom is -0.220 e. The van der Waals surface area contributed by atoms with E-state index in [9.17, 15) is 0 Å². The molecule has 114 valence electrons. The predicted octanol–water partition coefficient (Wildman–Crippen LogP) is 0.164. The number of rotatable bonds is 8. The van der Waals surface area contributed by atoms with E-state index in [0.29, 0.717) is 11.8 Å². The van der Waals surface area contributed by atoms with Crippen LogP contribution in [0.1, 0.15) is 65.5 Å². The SMILES string of the molecule is CCC(C)C(C)[CH-]c1ccc([CH-]C(C)C(C)CC)cc1.[Li+].[Li+]. The molecule has 0 aliphatic heterocycles. The molecule has 0 aliphatic carbocycles. The van der Waals surface area contributed by atoms with Gasteiger partial charge in [0.2, 0.25) is 0 Å². The Bertz CT molecular complexity index is 335. The summed E-state index contributed by atoms with van der Waals surface area (Å²) in [5.74, 6) is 2.81. The van der Waals surface area contributed by atoms with Crippen molar-refractivity contribution in [1.82, 2.24) is 0 Å². The molecule has 0 heterocycles. The Morgan fingerprint density at radius 2 is 0.955 bits per heavy atom. The second-order valence-electron chi connectivity index (χ2n) is 6.49.